The molecule has 5 nitrogen and oxygen atoms in total. The van der Waals surface area contributed by atoms with Crippen molar-refractivity contribution < 1.29 is 9.18 Å². The van der Waals surface area contributed by atoms with Gasteiger partial charge < -0.3 is 10.6 Å². The highest BCUT2D eigenvalue weighted by atomic mass is 79.9. The summed E-state index contributed by atoms with van der Waals surface area (Å²) in [6.45, 7) is 3.77. The summed E-state index contributed by atoms with van der Waals surface area (Å²) in [5, 5.41) is 5.65. The van der Waals surface area contributed by atoms with Gasteiger partial charge in [0.25, 0.3) is 5.91 Å². The van der Waals surface area contributed by atoms with Crippen LogP contribution in [0.5, 0.6) is 0 Å². The van der Waals surface area contributed by atoms with Crippen molar-refractivity contribution in [2.45, 2.75) is 13.8 Å². The molecule has 0 aliphatic heterocycles. The van der Waals surface area contributed by atoms with Gasteiger partial charge in [-0.05, 0) is 56.3 Å². The zero-order chi connectivity index (χ0) is 18.7. The number of aryl methyl sites for hydroxylation is 2. The monoisotopic (exact) mass is 414 g/mol. The van der Waals surface area contributed by atoms with Crippen molar-refractivity contribution in [1.29, 1.82) is 0 Å². The Morgan fingerprint density at radius 2 is 1.77 bits per heavy atom. The van der Waals surface area contributed by atoms with Gasteiger partial charge >= 0.3 is 0 Å². The predicted molar refractivity (Wildman–Crippen MR) is 103 cm³/mol. The van der Waals surface area contributed by atoms with E-state index in [1.807, 2.05) is 19.9 Å². The number of rotatable bonds is 4. The van der Waals surface area contributed by atoms with Crippen LogP contribution in [0, 0.1) is 19.7 Å². The van der Waals surface area contributed by atoms with E-state index in [-0.39, 0.29) is 5.69 Å². The average Bonchev–Trinajstić information content (AvgIpc) is 2.56. The maximum Gasteiger partial charge on any atom is 0.255 e. The van der Waals surface area contributed by atoms with E-state index >= 15 is 0 Å². The van der Waals surface area contributed by atoms with Crippen LogP contribution < -0.4 is 10.6 Å². The summed E-state index contributed by atoms with van der Waals surface area (Å²) in [6, 6.07) is 13.2. The molecule has 0 saturated heterocycles. The Labute approximate surface area is 158 Å². The van der Waals surface area contributed by atoms with E-state index in [4.69, 9.17) is 0 Å². The second-order valence-electron chi connectivity index (χ2n) is 5.76. The van der Waals surface area contributed by atoms with Gasteiger partial charge in [-0.1, -0.05) is 22.0 Å². The van der Waals surface area contributed by atoms with Crippen LogP contribution in [0.4, 0.5) is 21.7 Å². The van der Waals surface area contributed by atoms with E-state index in [0.29, 0.717) is 21.7 Å². The van der Waals surface area contributed by atoms with Gasteiger partial charge in [0, 0.05) is 27.1 Å². The minimum atomic E-state index is -0.509. The smallest absolute Gasteiger partial charge is 0.255 e. The van der Waals surface area contributed by atoms with Crippen LogP contribution in [0.2, 0.25) is 0 Å². The van der Waals surface area contributed by atoms with Gasteiger partial charge in [0.2, 0.25) is 5.95 Å². The highest BCUT2D eigenvalue weighted by molar-refractivity contribution is 9.10. The summed E-state index contributed by atoms with van der Waals surface area (Å²) in [7, 11) is 0. The molecule has 0 aliphatic carbocycles. The number of carbonyl (C=O) groups is 1. The van der Waals surface area contributed by atoms with Crippen molar-refractivity contribution in [1.82, 2.24) is 9.97 Å². The number of nitrogens with zero attached hydrogens (tertiary/aromatic N) is 2. The molecule has 2 N–H and O–H groups in total. The normalized spacial score (nSPS) is 10.5. The number of hydrogen-bond acceptors (Lipinski definition) is 4. The molecule has 7 heteroatoms. The Kier molecular flexibility index (Phi) is 5.27. The highest BCUT2D eigenvalue weighted by Crippen LogP contribution is 2.21. The maximum absolute atomic E-state index is 13.9. The van der Waals surface area contributed by atoms with Gasteiger partial charge in [0.15, 0.2) is 0 Å². The quantitative estimate of drug-likeness (QED) is 0.630. The SMILES string of the molecule is Cc1cc(C)nc(Nc2cccc(C(=O)Nc3ccc(Br)cc3F)c2)n1. The zero-order valence-electron chi connectivity index (χ0n) is 14.2. The van der Waals surface area contributed by atoms with Crippen LogP contribution in [-0.4, -0.2) is 15.9 Å². The molecule has 26 heavy (non-hydrogen) atoms. The fourth-order valence-electron chi connectivity index (χ4n) is 2.43. The Morgan fingerprint density at radius 1 is 1.04 bits per heavy atom. The summed E-state index contributed by atoms with van der Waals surface area (Å²) in [5.74, 6) is -0.458. The van der Waals surface area contributed by atoms with Crippen molar-refractivity contribution >= 4 is 39.2 Å². The zero-order valence-corrected chi connectivity index (χ0v) is 15.8. The number of hydrogen-bond donors (Lipinski definition) is 2. The predicted octanol–water partition coefficient (Wildman–Crippen LogP) is 4.99. The molecule has 3 aromatic rings. The number of aromatic nitrogens is 2. The van der Waals surface area contributed by atoms with E-state index in [1.54, 1.807) is 30.3 Å². The second kappa shape index (κ2) is 7.61. The van der Waals surface area contributed by atoms with Crippen LogP contribution in [-0.2, 0) is 0 Å². The Morgan fingerprint density at radius 3 is 2.46 bits per heavy atom. The summed E-state index contributed by atoms with van der Waals surface area (Å²) in [4.78, 5) is 21.0. The minimum Gasteiger partial charge on any atom is -0.324 e. The number of carbonyl (C=O) groups excluding carboxylic acids is 1. The first-order valence-electron chi connectivity index (χ1n) is 7.86. The van der Waals surface area contributed by atoms with E-state index in [0.717, 1.165) is 11.4 Å². The van der Waals surface area contributed by atoms with E-state index in [2.05, 4.69) is 36.5 Å². The first kappa shape index (κ1) is 18.0. The number of benzene rings is 2. The summed E-state index contributed by atoms with van der Waals surface area (Å²) in [5.41, 5.74) is 2.87. The third-order valence-corrected chi connectivity index (χ3v) is 4.04. The average molecular weight is 415 g/mol. The van der Waals surface area contributed by atoms with Crippen molar-refractivity contribution in [3.8, 4) is 0 Å². The summed E-state index contributed by atoms with van der Waals surface area (Å²) >= 11 is 3.19. The van der Waals surface area contributed by atoms with E-state index < -0.39 is 11.7 Å². The molecule has 0 unspecified atom stereocenters. The topological polar surface area (TPSA) is 66.9 Å². The fraction of sp³-hybridized carbons (Fsp3) is 0.105. The van der Waals surface area contributed by atoms with Crippen LogP contribution in [0.25, 0.3) is 0 Å². The third-order valence-electron chi connectivity index (χ3n) is 3.54. The molecule has 0 aliphatic rings. The molecule has 0 bridgehead atoms. The number of amides is 1. The molecular formula is C19H16BrFN4O. The van der Waals surface area contributed by atoms with Gasteiger partial charge in [-0.2, -0.15) is 0 Å². The highest BCUT2D eigenvalue weighted by Gasteiger charge is 2.11. The molecule has 0 radical (unpaired) electrons. The molecule has 2 aromatic carbocycles. The lowest BCUT2D eigenvalue weighted by molar-refractivity contribution is 0.102. The van der Waals surface area contributed by atoms with Crippen molar-refractivity contribution in [2.24, 2.45) is 0 Å². The van der Waals surface area contributed by atoms with Crippen molar-refractivity contribution in [2.75, 3.05) is 10.6 Å². The maximum atomic E-state index is 13.9. The molecule has 1 amide bonds. The molecule has 1 aromatic heterocycles. The lowest BCUT2D eigenvalue weighted by atomic mass is 10.2. The van der Waals surface area contributed by atoms with Crippen LogP contribution >= 0.6 is 15.9 Å². The molecule has 3 rings (SSSR count). The largest absolute Gasteiger partial charge is 0.324 e. The number of nitrogens with one attached hydrogen (secondary N) is 2. The Balaban J connectivity index is 1.78. The van der Waals surface area contributed by atoms with Crippen LogP contribution in [0.3, 0.4) is 0 Å². The van der Waals surface area contributed by atoms with Gasteiger partial charge in [-0.15, -0.1) is 0 Å². The van der Waals surface area contributed by atoms with Crippen LogP contribution in [0.1, 0.15) is 21.7 Å². The van der Waals surface area contributed by atoms with Gasteiger partial charge in [-0.3, -0.25) is 4.79 Å². The first-order chi connectivity index (χ1) is 12.4. The van der Waals surface area contributed by atoms with E-state index in [9.17, 15) is 9.18 Å². The summed E-state index contributed by atoms with van der Waals surface area (Å²) < 4.78 is 14.5. The number of halogens is 2. The fourth-order valence-corrected chi connectivity index (χ4v) is 2.77. The second-order valence-corrected chi connectivity index (χ2v) is 6.67. The molecule has 0 atom stereocenters. The standard InChI is InChI=1S/C19H16BrFN4O/c1-11-8-12(2)23-19(22-11)24-15-5-3-4-13(9-15)18(26)25-17-7-6-14(20)10-16(17)21/h3-10H,1-2H3,(H,25,26)(H,22,23,24). The molecule has 0 fully saturated rings. The molecular weight excluding hydrogens is 399 g/mol. The van der Waals surface area contributed by atoms with Gasteiger partial charge in [0.1, 0.15) is 5.82 Å². The first-order valence-corrected chi connectivity index (χ1v) is 8.66. The van der Waals surface area contributed by atoms with Gasteiger partial charge in [0.05, 0.1) is 5.69 Å². The molecule has 132 valence electrons. The summed E-state index contributed by atoms with van der Waals surface area (Å²) in [6.07, 6.45) is 0. The van der Waals surface area contributed by atoms with Crippen LogP contribution in [0.15, 0.2) is 53.0 Å². The Hall–Kier alpha value is -2.80. The van der Waals surface area contributed by atoms with Crippen molar-refractivity contribution in [3.63, 3.8) is 0 Å². The molecule has 1 heterocycles. The van der Waals surface area contributed by atoms with Gasteiger partial charge in [-0.25, -0.2) is 14.4 Å². The molecule has 0 spiro atoms. The lowest BCUT2D eigenvalue weighted by Gasteiger charge is -2.10. The van der Waals surface area contributed by atoms with E-state index in [1.165, 1.54) is 12.1 Å². The Bertz CT molecular complexity index is 957. The number of anilines is 3. The lowest BCUT2D eigenvalue weighted by Crippen LogP contribution is -2.13. The molecule has 0 saturated carbocycles. The minimum absolute atomic E-state index is 0.120. The van der Waals surface area contributed by atoms with Crippen molar-refractivity contribution in [3.05, 3.63) is 75.8 Å². The third kappa shape index (κ3) is 4.43.